The number of thiophene rings is 1. The highest BCUT2D eigenvalue weighted by Crippen LogP contribution is 2.30. The highest BCUT2D eigenvalue weighted by Gasteiger charge is 2.29. The zero-order chi connectivity index (χ0) is 12.5. The third-order valence-electron chi connectivity index (χ3n) is 3.19. The van der Waals surface area contributed by atoms with Gasteiger partial charge in [-0.25, -0.2) is 0 Å². The summed E-state index contributed by atoms with van der Waals surface area (Å²) in [6.45, 7) is 6.11. The van der Waals surface area contributed by atoms with Gasteiger partial charge in [0.1, 0.15) is 0 Å². The Hall–Kier alpha value is -1.20. The van der Waals surface area contributed by atoms with Gasteiger partial charge in [0.15, 0.2) is 5.82 Å². The van der Waals surface area contributed by atoms with Crippen molar-refractivity contribution in [2.45, 2.75) is 39.2 Å². The van der Waals surface area contributed by atoms with Crippen LogP contribution in [0.2, 0.25) is 0 Å². The molecular weight excluding hydrogens is 234 g/mol. The van der Waals surface area contributed by atoms with Gasteiger partial charge in [-0.15, -0.1) is 11.3 Å². The zero-order valence-electron chi connectivity index (χ0n) is 10.4. The first kappa shape index (κ1) is 12.3. The van der Waals surface area contributed by atoms with E-state index in [0.717, 1.165) is 23.3 Å². The van der Waals surface area contributed by atoms with Crippen molar-refractivity contribution in [1.29, 1.82) is 0 Å². The molecule has 2 N–H and O–H groups in total. The van der Waals surface area contributed by atoms with Gasteiger partial charge < -0.3 is 10.3 Å². The van der Waals surface area contributed by atoms with Crippen LogP contribution in [0.4, 0.5) is 0 Å². The summed E-state index contributed by atoms with van der Waals surface area (Å²) in [4.78, 5) is 5.46. The molecule has 5 heteroatoms. The number of nitrogens with two attached hydrogens (primary N) is 1. The second-order valence-electron chi connectivity index (χ2n) is 4.22. The minimum atomic E-state index is -0.479. The molecule has 0 aromatic carbocycles. The van der Waals surface area contributed by atoms with Crippen LogP contribution in [0.25, 0.3) is 10.8 Å². The smallest absolute Gasteiger partial charge is 0.268 e. The highest BCUT2D eigenvalue weighted by atomic mass is 32.1. The number of aryl methyl sites for hydroxylation is 1. The number of hydrogen-bond donors (Lipinski definition) is 1. The van der Waals surface area contributed by atoms with Crippen molar-refractivity contribution >= 4 is 11.3 Å². The van der Waals surface area contributed by atoms with Crippen molar-refractivity contribution in [1.82, 2.24) is 10.1 Å². The van der Waals surface area contributed by atoms with Gasteiger partial charge in [0.25, 0.3) is 5.89 Å². The summed E-state index contributed by atoms with van der Waals surface area (Å²) < 4.78 is 5.31. The first-order valence-electron chi connectivity index (χ1n) is 5.78. The summed E-state index contributed by atoms with van der Waals surface area (Å²) in [5.74, 6) is 1.18. The molecule has 92 valence electrons. The van der Waals surface area contributed by atoms with Gasteiger partial charge in [0, 0.05) is 0 Å². The zero-order valence-corrected chi connectivity index (χ0v) is 11.2. The van der Waals surface area contributed by atoms with E-state index in [2.05, 4.69) is 10.1 Å². The Morgan fingerprint density at radius 3 is 2.65 bits per heavy atom. The van der Waals surface area contributed by atoms with Crippen LogP contribution < -0.4 is 5.73 Å². The minimum Gasteiger partial charge on any atom is -0.333 e. The van der Waals surface area contributed by atoms with Crippen molar-refractivity contribution in [3.63, 3.8) is 0 Å². The molecule has 4 nitrogen and oxygen atoms in total. The maximum atomic E-state index is 6.24. The number of nitrogens with zero attached hydrogens (tertiary/aromatic N) is 2. The Morgan fingerprint density at radius 2 is 2.12 bits per heavy atom. The van der Waals surface area contributed by atoms with E-state index in [0.29, 0.717) is 11.7 Å². The van der Waals surface area contributed by atoms with Crippen LogP contribution in [-0.4, -0.2) is 10.1 Å². The van der Waals surface area contributed by atoms with E-state index in [1.165, 1.54) is 0 Å². The predicted molar refractivity (Wildman–Crippen MR) is 68.8 cm³/mol. The maximum Gasteiger partial charge on any atom is 0.268 e. The molecule has 0 aliphatic carbocycles. The predicted octanol–water partition coefficient (Wildman–Crippen LogP) is 3.08. The molecule has 17 heavy (non-hydrogen) atoms. The average Bonchev–Trinajstić information content (AvgIpc) is 2.96. The Morgan fingerprint density at radius 1 is 1.41 bits per heavy atom. The molecule has 2 rings (SSSR count). The molecule has 0 bridgehead atoms. The fraction of sp³-hybridized carbons (Fsp3) is 0.500. The van der Waals surface area contributed by atoms with Crippen molar-refractivity contribution in [3.8, 4) is 10.8 Å². The summed E-state index contributed by atoms with van der Waals surface area (Å²) >= 11 is 1.60. The molecule has 0 radical (unpaired) electrons. The van der Waals surface area contributed by atoms with Crippen molar-refractivity contribution in [2.24, 2.45) is 5.73 Å². The molecule has 0 aliphatic heterocycles. The molecular formula is C12H17N3OS. The summed E-state index contributed by atoms with van der Waals surface area (Å²) in [6, 6.07) is 2.04. The molecule has 0 unspecified atom stereocenters. The SMILES string of the molecule is CCC(N)(CC)c1noc(-c2sccc2C)n1. The van der Waals surface area contributed by atoms with Gasteiger partial charge in [0.05, 0.1) is 10.4 Å². The quantitative estimate of drug-likeness (QED) is 0.907. The molecule has 0 saturated carbocycles. The normalized spacial score (nSPS) is 12.0. The topological polar surface area (TPSA) is 64.9 Å². The minimum absolute atomic E-state index is 0.479. The Kier molecular flexibility index (Phi) is 3.31. The van der Waals surface area contributed by atoms with Crippen molar-refractivity contribution < 1.29 is 4.52 Å². The maximum absolute atomic E-state index is 6.24. The van der Waals surface area contributed by atoms with Gasteiger partial charge in [0.2, 0.25) is 0 Å². The molecule has 2 heterocycles. The van der Waals surface area contributed by atoms with E-state index >= 15 is 0 Å². The monoisotopic (exact) mass is 251 g/mol. The lowest BCUT2D eigenvalue weighted by Crippen LogP contribution is -2.36. The van der Waals surface area contributed by atoms with Gasteiger partial charge >= 0.3 is 0 Å². The van der Waals surface area contributed by atoms with Crippen molar-refractivity contribution in [3.05, 3.63) is 22.8 Å². The van der Waals surface area contributed by atoms with Gasteiger partial charge in [-0.1, -0.05) is 19.0 Å². The van der Waals surface area contributed by atoms with Gasteiger partial charge in [-0.3, -0.25) is 0 Å². The van der Waals surface area contributed by atoms with E-state index in [4.69, 9.17) is 10.3 Å². The third kappa shape index (κ3) is 2.12. The van der Waals surface area contributed by atoms with Crippen LogP contribution >= 0.6 is 11.3 Å². The molecule has 0 saturated heterocycles. The summed E-state index contributed by atoms with van der Waals surface area (Å²) in [6.07, 6.45) is 1.60. The number of hydrogen-bond acceptors (Lipinski definition) is 5. The van der Waals surface area contributed by atoms with Crippen LogP contribution in [0.3, 0.4) is 0 Å². The van der Waals surface area contributed by atoms with Crippen LogP contribution in [-0.2, 0) is 5.54 Å². The van der Waals surface area contributed by atoms with E-state index in [1.807, 2.05) is 32.2 Å². The van der Waals surface area contributed by atoms with E-state index in [1.54, 1.807) is 11.3 Å². The van der Waals surface area contributed by atoms with Crippen LogP contribution in [0.1, 0.15) is 38.1 Å². The van der Waals surface area contributed by atoms with E-state index in [-0.39, 0.29) is 0 Å². The first-order valence-corrected chi connectivity index (χ1v) is 6.66. The molecule has 0 atom stereocenters. The van der Waals surface area contributed by atoms with Crippen molar-refractivity contribution in [2.75, 3.05) is 0 Å². The fourth-order valence-electron chi connectivity index (χ4n) is 1.68. The second-order valence-corrected chi connectivity index (χ2v) is 5.14. The second kappa shape index (κ2) is 4.58. The molecule has 0 fully saturated rings. The van der Waals surface area contributed by atoms with Gasteiger partial charge in [-0.05, 0) is 36.8 Å². The Balaban J connectivity index is 2.37. The lowest BCUT2D eigenvalue weighted by molar-refractivity contribution is 0.350. The lowest BCUT2D eigenvalue weighted by Gasteiger charge is -2.21. The Bertz CT molecular complexity index is 499. The first-order chi connectivity index (χ1) is 8.10. The van der Waals surface area contributed by atoms with Crippen LogP contribution in [0, 0.1) is 6.92 Å². The Labute approximate surface area is 105 Å². The van der Waals surface area contributed by atoms with Crippen LogP contribution in [0.5, 0.6) is 0 Å². The molecule has 0 spiro atoms. The fourth-order valence-corrected chi connectivity index (χ4v) is 2.52. The van der Waals surface area contributed by atoms with E-state index < -0.39 is 5.54 Å². The highest BCUT2D eigenvalue weighted by molar-refractivity contribution is 7.13. The molecule has 2 aromatic heterocycles. The summed E-state index contributed by atoms with van der Waals surface area (Å²) in [5, 5.41) is 6.04. The largest absolute Gasteiger partial charge is 0.333 e. The number of aromatic nitrogens is 2. The summed E-state index contributed by atoms with van der Waals surface area (Å²) in [7, 11) is 0. The lowest BCUT2D eigenvalue weighted by atomic mass is 9.93. The van der Waals surface area contributed by atoms with Crippen LogP contribution in [0.15, 0.2) is 16.0 Å². The third-order valence-corrected chi connectivity index (χ3v) is 4.19. The molecule has 0 aliphatic rings. The molecule has 2 aromatic rings. The van der Waals surface area contributed by atoms with E-state index in [9.17, 15) is 0 Å². The standard InChI is InChI=1S/C12H17N3OS/c1-4-12(13,5-2)11-14-10(16-15-11)9-8(3)6-7-17-9/h6-7H,4-5,13H2,1-3H3. The summed E-state index contributed by atoms with van der Waals surface area (Å²) in [5.41, 5.74) is 6.92. The number of rotatable bonds is 4. The molecule has 0 amide bonds. The van der Waals surface area contributed by atoms with Gasteiger partial charge in [-0.2, -0.15) is 4.98 Å². The average molecular weight is 251 g/mol.